The normalized spacial score (nSPS) is 11.9. The number of hydrazone groups is 1. The number of fused-ring (bicyclic) bond motifs is 1. The van der Waals surface area contributed by atoms with Crippen LogP contribution in [0.5, 0.6) is 5.75 Å². The molecule has 3 aromatic carbocycles. The molecule has 0 aliphatic heterocycles. The van der Waals surface area contributed by atoms with Gasteiger partial charge in [0.1, 0.15) is 11.4 Å². The Kier molecular flexibility index (Phi) is 6.21. The van der Waals surface area contributed by atoms with Crippen molar-refractivity contribution in [1.29, 1.82) is 0 Å². The smallest absolute Gasteiger partial charge is 0.272 e. The van der Waals surface area contributed by atoms with Gasteiger partial charge in [-0.15, -0.1) is 0 Å². The molecule has 4 aromatic rings. The van der Waals surface area contributed by atoms with E-state index in [0.717, 1.165) is 0 Å². The maximum Gasteiger partial charge on any atom is 0.272 e. The second kappa shape index (κ2) is 9.56. The number of H-pyrrole nitrogens is 1. The molecule has 9 nitrogen and oxygen atoms in total. The molecule has 0 saturated carbocycles. The number of rotatable bonds is 6. The molecular weight excluding hydrogens is 422 g/mol. The van der Waals surface area contributed by atoms with E-state index in [-0.39, 0.29) is 11.4 Å². The molecule has 0 saturated heterocycles. The fraction of sp³-hybridized carbons (Fsp3) is 0.0417. The minimum atomic E-state index is -1.25. The number of aromatic nitrogens is 2. The van der Waals surface area contributed by atoms with Crippen LogP contribution in [0, 0.1) is 0 Å². The van der Waals surface area contributed by atoms with Crippen LogP contribution in [0.2, 0.25) is 0 Å². The summed E-state index contributed by atoms with van der Waals surface area (Å²) in [5.74, 6) is -1.10. The standard InChI is InChI=1S/C24H19N5O4/c30-17-10-6-7-15(13-17)14-25-28-24(33)21(26-22(31)16-8-2-1-3-9-16)20-18-11-4-5-12-19(18)23(32)29-27-20/h1-14,21,30H,(H,26,31)(H,28,33)(H,29,32)/b25-14-/t21-/m1/s1. The molecule has 0 aliphatic carbocycles. The minimum absolute atomic E-state index is 0.0576. The van der Waals surface area contributed by atoms with Crippen molar-refractivity contribution in [2.45, 2.75) is 6.04 Å². The Labute approximate surface area is 187 Å². The summed E-state index contributed by atoms with van der Waals surface area (Å²) in [6.45, 7) is 0. The lowest BCUT2D eigenvalue weighted by Gasteiger charge is -2.18. The Morgan fingerprint density at radius 2 is 1.70 bits per heavy atom. The van der Waals surface area contributed by atoms with Crippen LogP contribution in [0.3, 0.4) is 0 Å². The molecule has 1 atom stereocenters. The van der Waals surface area contributed by atoms with Crippen molar-refractivity contribution in [3.05, 3.63) is 106 Å². The highest BCUT2D eigenvalue weighted by molar-refractivity contribution is 5.99. The highest BCUT2D eigenvalue weighted by atomic mass is 16.3. The van der Waals surface area contributed by atoms with Crippen LogP contribution in [0.25, 0.3) is 10.8 Å². The van der Waals surface area contributed by atoms with E-state index in [2.05, 4.69) is 26.0 Å². The number of nitrogens with zero attached hydrogens (tertiary/aromatic N) is 2. The number of phenolic OH excluding ortho intramolecular Hbond substituents is 1. The van der Waals surface area contributed by atoms with Crippen molar-refractivity contribution in [2.75, 3.05) is 0 Å². The molecule has 0 unspecified atom stereocenters. The third kappa shape index (κ3) is 4.93. The fourth-order valence-corrected chi connectivity index (χ4v) is 3.26. The van der Waals surface area contributed by atoms with Gasteiger partial charge in [0.05, 0.1) is 11.6 Å². The lowest BCUT2D eigenvalue weighted by Crippen LogP contribution is -2.40. The molecule has 0 spiro atoms. The first-order chi connectivity index (χ1) is 16.0. The minimum Gasteiger partial charge on any atom is -0.508 e. The summed E-state index contributed by atoms with van der Waals surface area (Å²) in [4.78, 5) is 38.1. The molecular formula is C24H19N5O4. The van der Waals surface area contributed by atoms with E-state index in [1.807, 2.05) is 0 Å². The van der Waals surface area contributed by atoms with Crippen LogP contribution in [0.4, 0.5) is 0 Å². The number of nitrogens with one attached hydrogen (secondary N) is 3. The summed E-state index contributed by atoms with van der Waals surface area (Å²) in [7, 11) is 0. The van der Waals surface area contributed by atoms with Crippen molar-refractivity contribution < 1.29 is 14.7 Å². The van der Waals surface area contributed by atoms with E-state index in [1.165, 1.54) is 18.3 Å². The molecule has 4 N–H and O–H groups in total. The van der Waals surface area contributed by atoms with Gasteiger partial charge in [-0.2, -0.15) is 10.2 Å². The summed E-state index contributed by atoms with van der Waals surface area (Å²) < 4.78 is 0. The number of aromatic hydroxyl groups is 1. The van der Waals surface area contributed by atoms with Crippen LogP contribution in [0.1, 0.15) is 27.7 Å². The van der Waals surface area contributed by atoms with E-state index >= 15 is 0 Å². The summed E-state index contributed by atoms with van der Waals surface area (Å²) >= 11 is 0. The zero-order valence-electron chi connectivity index (χ0n) is 17.2. The van der Waals surface area contributed by atoms with Crippen molar-refractivity contribution in [2.24, 2.45) is 5.10 Å². The third-order valence-corrected chi connectivity index (χ3v) is 4.83. The van der Waals surface area contributed by atoms with Gasteiger partial charge in [0.25, 0.3) is 17.4 Å². The van der Waals surface area contributed by atoms with E-state index in [1.54, 1.807) is 66.7 Å². The number of carbonyl (C=O) groups excluding carboxylic acids is 2. The van der Waals surface area contributed by atoms with Gasteiger partial charge in [0.2, 0.25) is 0 Å². The first kappa shape index (κ1) is 21.4. The second-order valence-electron chi connectivity index (χ2n) is 7.09. The van der Waals surface area contributed by atoms with Crippen molar-refractivity contribution in [3.8, 4) is 5.75 Å². The second-order valence-corrected chi connectivity index (χ2v) is 7.09. The Balaban J connectivity index is 1.67. The monoisotopic (exact) mass is 441 g/mol. The lowest BCUT2D eigenvalue weighted by molar-refractivity contribution is -0.123. The number of amides is 2. The molecule has 0 fully saturated rings. The third-order valence-electron chi connectivity index (χ3n) is 4.83. The van der Waals surface area contributed by atoms with Gasteiger partial charge >= 0.3 is 0 Å². The van der Waals surface area contributed by atoms with Gasteiger partial charge in [-0.05, 0) is 35.9 Å². The number of carbonyl (C=O) groups is 2. The Bertz CT molecular complexity index is 1400. The average Bonchev–Trinajstić information content (AvgIpc) is 2.84. The average molecular weight is 441 g/mol. The molecule has 9 heteroatoms. The molecule has 1 aromatic heterocycles. The van der Waals surface area contributed by atoms with Crippen molar-refractivity contribution in [1.82, 2.24) is 20.9 Å². The predicted octanol–water partition coefficient (Wildman–Crippen LogP) is 2.25. The van der Waals surface area contributed by atoms with Gasteiger partial charge < -0.3 is 10.4 Å². The Hall–Kier alpha value is -4.79. The maximum atomic E-state index is 13.1. The molecule has 164 valence electrons. The molecule has 4 rings (SSSR count). The van der Waals surface area contributed by atoms with Crippen LogP contribution in [-0.4, -0.2) is 33.3 Å². The molecule has 0 bridgehead atoms. The van der Waals surface area contributed by atoms with Crippen LogP contribution >= 0.6 is 0 Å². The van der Waals surface area contributed by atoms with Crippen LogP contribution in [0.15, 0.2) is 88.8 Å². The first-order valence-electron chi connectivity index (χ1n) is 9.98. The van der Waals surface area contributed by atoms with E-state index in [9.17, 15) is 19.5 Å². The summed E-state index contributed by atoms with van der Waals surface area (Å²) in [6, 6.07) is 20.1. The fourth-order valence-electron chi connectivity index (χ4n) is 3.26. The molecule has 1 heterocycles. The first-order valence-corrected chi connectivity index (χ1v) is 9.98. The largest absolute Gasteiger partial charge is 0.508 e. The number of benzene rings is 3. The summed E-state index contributed by atoms with van der Waals surface area (Å²) in [5.41, 5.74) is 3.06. The zero-order valence-corrected chi connectivity index (χ0v) is 17.2. The SMILES string of the molecule is O=C(N[C@@H](C(=O)N/N=C\c1cccc(O)c1)c1n[nH]c(=O)c2ccccc12)c1ccccc1. The quantitative estimate of drug-likeness (QED) is 0.269. The van der Waals surface area contributed by atoms with Gasteiger partial charge in [-0.3, -0.25) is 14.4 Å². The topological polar surface area (TPSA) is 137 Å². The molecule has 0 aliphatic rings. The summed E-state index contributed by atoms with van der Waals surface area (Å²) in [6.07, 6.45) is 1.35. The van der Waals surface area contributed by atoms with Crippen molar-refractivity contribution >= 4 is 28.8 Å². The Morgan fingerprint density at radius 1 is 0.970 bits per heavy atom. The number of aromatic amines is 1. The predicted molar refractivity (Wildman–Crippen MR) is 123 cm³/mol. The molecule has 0 radical (unpaired) electrons. The van der Waals surface area contributed by atoms with Crippen molar-refractivity contribution in [3.63, 3.8) is 0 Å². The zero-order chi connectivity index (χ0) is 23.2. The maximum absolute atomic E-state index is 13.1. The summed E-state index contributed by atoms with van der Waals surface area (Å²) in [5, 5.41) is 23.3. The van der Waals surface area contributed by atoms with Crippen LogP contribution < -0.4 is 16.3 Å². The number of hydrogen-bond acceptors (Lipinski definition) is 6. The van der Waals surface area contributed by atoms with Gasteiger partial charge in [0.15, 0.2) is 6.04 Å². The highest BCUT2D eigenvalue weighted by Crippen LogP contribution is 2.20. The van der Waals surface area contributed by atoms with Crippen LogP contribution in [-0.2, 0) is 4.79 Å². The van der Waals surface area contributed by atoms with Gasteiger partial charge in [-0.1, -0.05) is 48.5 Å². The van der Waals surface area contributed by atoms with Gasteiger partial charge in [0, 0.05) is 10.9 Å². The number of hydrogen-bond donors (Lipinski definition) is 4. The van der Waals surface area contributed by atoms with E-state index in [0.29, 0.717) is 21.9 Å². The highest BCUT2D eigenvalue weighted by Gasteiger charge is 2.27. The molecule has 2 amide bonds. The number of phenols is 1. The lowest BCUT2D eigenvalue weighted by atomic mass is 10.0. The van der Waals surface area contributed by atoms with E-state index < -0.39 is 23.4 Å². The Morgan fingerprint density at radius 3 is 2.45 bits per heavy atom. The molecule has 33 heavy (non-hydrogen) atoms. The van der Waals surface area contributed by atoms with Gasteiger partial charge in [-0.25, -0.2) is 10.5 Å². The van der Waals surface area contributed by atoms with E-state index in [4.69, 9.17) is 0 Å².